The molecule has 2 heteroatoms. The predicted molar refractivity (Wildman–Crippen MR) is 71.2 cm³/mol. The molecule has 0 fully saturated rings. The fourth-order valence-electron chi connectivity index (χ4n) is 1.58. The fourth-order valence-corrected chi connectivity index (χ4v) is 2.48. The molecule has 16 heavy (non-hydrogen) atoms. The summed E-state index contributed by atoms with van der Waals surface area (Å²) in [6.45, 7) is 5.92. The Morgan fingerprint density at radius 1 is 1.19 bits per heavy atom. The van der Waals surface area contributed by atoms with Gasteiger partial charge in [-0.1, -0.05) is 36.4 Å². The Morgan fingerprint density at radius 2 is 1.88 bits per heavy atom. The molecule has 0 aromatic heterocycles. The quantitative estimate of drug-likeness (QED) is 0.629. The number of rotatable bonds is 3. The standard InChI is InChI=1S/C14H14OS/c1-10(2)9-16-14-8-7-13(15)11-5-3-4-6-12(11)14/h3-8,15H,1,9H2,2H3. The number of fused-ring (bicyclic) bond motifs is 1. The van der Waals surface area contributed by atoms with E-state index in [9.17, 15) is 5.11 Å². The van der Waals surface area contributed by atoms with E-state index in [1.807, 2.05) is 37.3 Å². The summed E-state index contributed by atoms with van der Waals surface area (Å²) in [4.78, 5) is 1.19. The molecule has 0 saturated carbocycles. The van der Waals surface area contributed by atoms with Gasteiger partial charge in [-0.25, -0.2) is 0 Å². The van der Waals surface area contributed by atoms with Crippen LogP contribution in [0.25, 0.3) is 10.8 Å². The van der Waals surface area contributed by atoms with Gasteiger partial charge in [0.25, 0.3) is 0 Å². The number of phenolic OH excluding ortho intramolecular Hbond substituents is 1. The van der Waals surface area contributed by atoms with Gasteiger partial charge < -0.3 is 5.11 Å². The van der Waals surface area contributed by atoms with Crippen LogP contribution in [0.15, 0.2) is 53.4 Å². The highest BCUT2D eigenvalue weighted by molar-refractivity contribution is 7.99. The summed E-state index contributed by atoms with van der Waals surface area (Å²) in [5.41, 5.74) is 1.15. The summed E-state index contributed by atoms with van der Waals surface area (Å²) < 4.78 is 0. The summed E-state index contributed by atoms with van der Waals surface area (Å²) in [5.74, 6) is 1.25. The van der Waals surface area contributed by atoms with Crippen LogP contribution < -0.4 is 0 Å². The maximum atomic E-state index is 9.75. The van der Waals surface area contributed by atoms with Gasteiger partial charge in [0.05, 0.1) is 0 Å². The van der Waals surface area contributed by atoms with Crippen molar-refractivity contribution in [2.24, 2.45) is 0 Å². The highest BCUT2D eigenvalue weighted by Gasteiger charge is 2.04. The lowest BCUT2D eigenvalue weighted by atomic mass is 10.1. The normalized spacial score (nSPS) is 10.6. The Bertz CT molecular complexity index is 531. The Hall–Kier alpha value is -1.41. The monoisotopic (exact) mass is 230 g/mol. The van der Waals surface area contributed by atoms with Crippen molar-refractivity contribution >= 4 is 22.5 Å². The first-order valence-corrected chi connectivity index (χ1v) is 6.15. The molecule has 0 bridgehead atoms. The zero-order valence-corrected chi connectivity index (χ0v) is 10.1. The van der Waals surface area contributed by atoms with Crippen molar-refractivity contribution < 1.29 is 5.11 Å². The van der Waals surface area contributed by atoms with E-state index in [0.717, 1.165) is 22.1 Å². The van der Waals surface area contributed by atoms with Crippen LogP contribution in [0.2, 0.25) is 0 Å². The number of hydrogen-bond acceptors (Lipinski definition) is 2. The second-order valence-electron chi connectivity index (χ2n) is 3.87. The molecule has 2 aromatic rings. The minimum Gasteiger partial charge on any atom is -0.507 e. The van der Waals surface area contributed by atoms with Crippen molar-refractivity contribution in [3.05, 3.63) is 48.6 Å². The molecule has 0 saturated heterocycles. The van der Waals surface area contributed by atoms with Crippen molar-refractivity contribution in [3.8, 4) is 5.75 Å². The Morgan fingerprint density at radius 3 is 2.56 bits per heavy atom. The molecular weight excluding hydrogens is 216 g/mol. The predicted octanol–water partition coefficient (Wildman–Crippen LogP) is 4.21. The average molecular weight is 230 g/mol. The maximum Gasteiger partial charge on any atom is 0.123 e. The molecule has 1 N–H and O–H groups in total. The van der Waals surface area contributed by atoms with Gasteiger partial charge in [0.2, 0.25) is 0 Å². The van der Waals surface area contributed by atoms with Crippen LogP contribution in [-0.4, -0.2) is 10.9 Å². The van der Waals surface area contributed by atoms with Crippen LogP contribution in [-0.2, 0) is 0 Å². The molecule has 0 spiro atoms. The highest BCUT2D eigenvalue weighted by atomic mass is 32.2. The van der Waals surface area contributed by atoms with E-state index in [-0.39, 0.29) is 0 Å². The Kier molecular flexibility index (Phi) is 3.20. The maximum absolute atomic E-state index is 9.75. The van der Waals surface area contributed by atoms with Gasteiger partial charge in [-0.05, 0) is 24.4 Å². The first kappa shape index (κ1) is 11.1. The van der Waals surface area contributed by atoms with E-state index >= 15 is 0 Å². The van der Waals surface area contributed by atoms with Crippen LogP contribution in [0, 0.1) is 0 Å². The third-order valence-electron chi connectivity index (χ3n) is 2.34. The second-order valence-corrected chi connectivity index (χ2v) is 4.89. The van der Waals surface area contributed by atoms with Crippen molar-refractivity contribution in [3.63, 3.8) is 0 Å². The third kappa shape index (κ3) is 2.22. The summed E-state index contributed by atoms with van der Waals surface area (Å²) in [7, 11) is 0. The molecule has 0 atom stereocenters. The Labute approximate surface area is 99.8 Å². The first-order valence-electron chi connectivity index (χ1n) is 5.16. The molecule has 0 aliphatic heterocycles. The number of thioether (sulfide) groups is 1. The average Bonchev–Trinajstić information content (AvgIpc) is 2.28. The number of hydrogen-bond donors (Lipinski definition) is 1. The largest absolute Gasteiger partial charge is 0.507 e. The van der Waals surface area contributed by atoms with Gasteiger partial charge in [0.15, 0.2) is 0 Å². The van der Waals surface area contributed by atoms with Gasteiger partial charge in [-0.3, -0.25) is 0 Å². The van der Waals surface area contributed by atoms with E-state index in [1.165, 1.54) is 4.90 Å². The van der Waals surface area contributed by atoms with Crippen LogP contribution in [0.4, 0.5) is 0 Å². The smallest absolute Gasteiger partial charge is 0.123 e. The van der Waals surface area contributed by atoms with Gasteiger partial charge >= 0.3 is 0 Å². The van der Waals surface area contributed by atoms with Gasteiger partial charge in [-0.2, -0.15) is 0 Å². The van der Waals surface area contributed by atoms with Crippen LogP contribution >= 0.6 is 11.8 Å². The molecule has 0 aliphatic carbocycles. The molecule has 0 radical (unpaired) electrons. The van der Waals surface area contributed by atoms with Crippen molar-refractivity contribution in [1.82, 2.24) is 0 Å². The van der Waals surface area contributed by atoms with Crippen LogP contribution in [0.1, 0.15) is 6.92 Å². The van der Waals surface area contributed by atoms with Crippen molar-refractivity contribution in [2.45, 2.75) is 11.8 Å². The fraction of sp³-hybridized carbons (Fsp3) is 0.143. The van der Waals surface area contributed by atoms with E-state index in [2.05, 4.69) is 6.58 Å². The lowest BCUT2D eigenvalue weighted by Crippen LogP contribution is -1.82. The molecule has 2 aromatic carbocycles. The minimum atomic E-state index is 0.343. The SMILES string of the molecule is C=C(C)CSc1ccc(O)c2ccccc12. The lowest BCUT2D eigenvalue weighted by Gasteiger charge is -2.07. The topological polar surface area (TPSA) is 20.2 Å². The third-order valence-corrected chi connectivity index (χ3v) is 3.64. The van der Waals surface area contributed by atoms with E-state index in [1.54, 1.807) is 17.8 Å². The van der Waals surface area contributed by atoms with Crippen molar-refractivity contribution in [1.29, 1.82) is 0 Å². The minimum absolute atomic E-state index is 0.343. The van der Waals surface area contributed by atoms with Gasteiger partial charge in [-0.15, -0.1) is 11.8 Å². The van der Waals surface area contributed by atoms with Crippen LogP contribution in [0.3, 0.4) is 0 Å². The van der Waals surface area contributed by atoms with Crippen molar-refractivity contribution in [2.75, 3.05) is 5.75 Å². The highest BCUT2D eigenvalue weighted by Crippen LogP contribution is 2.33. The van der Waals surface area contributed by atoms with Gasteiger partial charge in [0.1, 0.15) is 5.75 Å². The molecule has 82 valence electrons. The first-order chi connectivity index (χ1) is 7.68. The summed E-state index contributed by atoms with van der Waals surface area (Å²) in [6.07, 6.45) is 0. The zero-order valence-electron chi connectivity index (χ0n) is 9.23. The molecule has 0 unspecified atom stereocenters. The number of benzene rings is 2. The lowest BCUT2D eigenvalue weighted by molar-refractivity contribution is 0.481. The second kappa shape index (κ2) is 4.62. The summed E-state index contributed by atoms with van der Waals surface area (Å²) in [5, 5.41) is 11.8. The molecule has 1 nitrogen and oxygen atoms in total. The molecule has 0 heterocycles. The van der Waals surface area contributed by atoms with Gasteiger partial charge in [0, 0.05) is 16.0 Å². The molecule has 0 amide bonds. The van der Waals surface area contributed by atoms with E-state index in [0.29, 0.717) is 5.75 Å². The van der Waals surface area contributed by atoms with E-state index < -0.39 is 0 Å². The zero-order chi connectivity index (χ0) is 11.5. The summed E-state index contributed by atoms with van der Waals surface area (Å²) in [6, 6.07) is 11.6. The molecule has 2 rings (SSSR count). The van der Waals surface area contributed by atoms with Crippen LogP contribution in [0.5, 0.6) is 5.75 Å². The Balaban J connectivity index is 2.46. The molecular formula is C14H14OS. The van der Waals surface area contributed by atoms with E-state index in [4.69, 9.17) is 0 Å². The summed E-state index contributed by atoms with van der Waals surface area (Å²) >= 11 is 1.76. The molecule has 0 aliphatic rings. The number of phenols is 1. The number of aromatic hydroxyl groups is 1.